The Morgan fingerprint density at radius 1 is 1.39 bits per heavy atom. The van der Waals surface area contributed by atoms with E-state index in [0.717, 1.165) is 32.1 Å². The first-order valence-corrected chi connectivity index (χ1v) is 5.85. The number of esters is 1. The average Bonchev–Trinajstić information content (AvgIpc) is 2.58. The number of carbonyl (C=O) groups excluding carboxylic acids is 2. The van der Waals surface area contributed by atoms with Crippen LogP contribution in [0, 0.1) is 0 Å². The summed E-state index contributed by atoms with van der Waals surface area (Å²) in [6.07, 6.45) is 5.28. The lowest BCUT2D eigenvalue weighted by molar-refractivity contribution is -0.135. The zero-order valence-corrected chi connectivity index (χ0v) is 10.9. The van der Waals surface area contributed by atoms with E-state index in [4.69, 9.17) is 10.2 Å². The van der Waals surface area contributed by atoms with Crippen molar-refractivity contribution >= 4 is 11.9 Å². The highest BCUT2D eigenvalue weighted by molar-refractivity contribution is 5.75. The first kappa shape index (κ1) is 19.0. The van der Waals surface area contributed by atoms with Crippen molar-refractivity contribution in [2.75, 3.05) is 19.8 Å². The van der Waals surface area contributed by atoms with Crippen LogP contribution in [0.25, 0.3) is 0 Å². The summed E-state index contributed by atoms with van der Waals surface area (Å²) >= 11 is 0. The summed E-state index contributed by atoms with van der Waals surface area (Å²) in [4.78, 5) is 20.3. The molecule has 0 saturated carbocycles. The number of rotatable bonds is 2. The van der Waals surface area contributed by atoms with Crippen molar-refractivity contribution in [2.24, 2.45) is 0 Å². The average molecular weight is 261 g/mol. The van der Waals surface area contributed by atoms with E-state index in [-0.39, 0.29) is 25.1 Å². The van der Waals surface area contributed by atoms with E-state index in [9.17, 15) is 9.59 Å². The van der Waals surface area contributed by atoms with Crippen LogP contribution >= 0.6 is 0 Å². The molecule has 0 aromatic carbocycles. The zero-order valence-electron chi connectivity index (χ0n) is 10.9. The molecule has 6 nitrogen and oxygen atoms in total. The molecule has 3 N–H and O–H groups in total. The van der Waals surface area contributed by atoms with E-state index in [1.807, 2.05) is 0 Å². The maximum atomic E-state index is 10.6. The topological polar surface area (TPSA) is 95.9 Å². The van der Waals surface area contributed by atoms with Crippen molar-refractivity contribution in [3.63, 3.8) is 0 Å². The van der Waals surface area contributed by atoms with Crippen LogP contribution in [0.15, 0.2) is 12.8 Å². The Balaban J connectivity index is 0. The third kappa shape index (κ3) is 20.1. The van der Waals surface area contributed by atoms with Crippen molar-refractivity contribution in [2.45, 2.75) is 32.6 Å². The molecule has 0 radical (unpaired) electrons. The smallest absolute Gasteiger partial charge is 0.307 e. The standard InChI is InChI=1S/C6H11NO.C4H6O2.C2H6O2/c8-6-4-2-1-3-5-7-6;1-3-6-4(2)5;3-1-2-4/h1-5H2,(H,7,8);3H,1H2,2H3;3-4H,1-2H2. The fourth-order valence-electron chi connectivity index (χ4n) is 1.02. The first-order chi connectivity index (χ1) is 8.58. The van der Waals surface area contributed by atoms with Gasteiger partial charge in [0.05, 0.1) is 19.5 Å². The largest absolute Gasteiger partial charge is 0.435 e. The van der Waals surface area contributed by atoms with Gasteiger partial charge >= 0.3 is 5.97 Å². The number of ether oxygens (including phenoxy) is 1. The number of carbonyl (C=O) groups is 2. The van der Waals surface area contributed by atoms with Crippen LogP contribution in [-0.4, -0.2) is 41.8 Å². The highest BCUT2D eigenvalue weighted by Crippen LogP contribution is 2.02. The van der Waals surface area contributed by atoms with Gasteiger partial charge in [0.25, 0.3) is 0 Å². The van der Waals surface area contributed by atoms with E-state index in [1.165, 1.54) is 13.3 Å². The van der Waals surface area contributed by atoms with Gasteiger partial charge in [-0.15, -0.1) is 0 Å². The lowest BCUT2D eigenvalue weighted by Gasteiger charge is -1.93. The normalized spacial score (nSPS) is 13.6. The SMILES string of the molecule is C=COC(C)=O.O=C1CCCCCN1.OCCO. The molecule has 106 valence electrons. The fourth-order valence-corrected chi connectivity index (χ4v) is 1.02. The molecule has 0 aliphatic carbocycles. The lowest BCUT2D eigenvalue weighted by atomic mass is 10.2. The van der Waals surface area contributed by atoms with E-state index in [0.29, 0.717) is 0 Å². The van der Waals surface area contributed by atoms with Gasteiger partial charge in [-0.1, -0.05) is 13.0 Å². The maximum Gasteiger partial charge on any atom is 0.307 e. The summed E-state index contributed by atoms with van der Waals surface area (Å²) < 4.78 is 4.17. The highest BCUT2D eigenvalue weighted by Gasteiger charge is 2.03. The minimum absolute atomic E-state index is 0.125. The molecule has 18 heavy (non-hydrogen) atoms. The summed E-state index contributed by atoms with van der Waals surface area (Å²) in [6, 6.07) is 0. The molecule has 1 heterocycles. The van der Waals surface area contributed by atoms with Crippen LogP contribution in [0.1, 0.15) is 32.6 Å². The second kappa shape index (κ2) is 15.6. The van der Waals surface area contributed by atoms with E-state index >= 15 is 0 Å². The van der Waals surface area contributed by atoms with Gasteiger partial charge in [-0.25, -0.2) is 0 Å². The van der Waals surface area contributed by atoms with Crippen molar-refractivity contribution in [1.29, 1.82) is 0 Å². The summed E-state index contributed by atoms with van der Waals surface area (Å²) in [7, 11) is 0. The van der Waals surface area contributed by atoms with Crippen LogP contribution in [-0.2, 0) is 14.3 Å². The number of nitrogens with one attached hydrogen (secondary N) is 1. The van der Waals surface area contributed by atoms with Gasteiger partial charge in [0.1, 0.15) is 0 Å². The Morgan fingerprint density at radius 3 is 2.39 bits per heavy atom. The Morgan fingerprint density at radius 2 is 2.00 bits per heavy atom. The highest BCUT2D eigenvalue weighted by atomic mass is 16.5. The van der Waals surface area contributed by atoms with Gasteiger partial charge in [0.2, 0.25) is 5.91 Å². The zero-order chi connectivity index (χ0) is 14.2. The van der Waals surface area contributed by atoms with Crippen LogP contribution < -0.4 is 5.32 Å². The monoisotopic (exact) mass is 261 g/mol. The van der Waals surface area contributed by atoms with Gasteiger partial charge < -0.3 is 20.3 Å². The molecule has 1 aliphatic heterocycles. The first-order valence-electron chi connectivity index (χ1n) is 5.85. The molecular formula is C12H23NO5. The van der Waals surface area contributed by atoms with Crippen molar-refractivity contribution in [1.82, 2.24) is 5.32 Å². The van der Waals surface area contributed by atoms with Gasteiger partial charge in [-0.2, -0.15) is 0 Å². The molecule has 0 bridgehead atoms. The molecule has 1 aliphatic rings. The van der Waals surface area contributed by atoms with E-state index < -0.39 is 0 Å². The summed E-state index contributed by atoms with van der Waals surface area (Å²) in [5.74, 6) is -0.104. The van der Waals surface area contributed by atoms with E-state index in [1.54, 1.807) is 0 Å². The molecule has 1 saturated heterocycles. The molecular weight excluding hydrogens is 238 g/mol. The number of aliphatic hydroxyl groups excluding tert-OH is 2. The Hall–Kier alpha value is -1.40. The van der Waals surface area contributed by atoms with Crippen molar-refractivity contribution in [3.05, 3.63) is 12.8 Å². The fraction of sp³-hybridized carbons (Fsp3) is 0.667. The lowest BCUT2D eigenvalue weighted by Crippen LogP contribution is -2.21. The van der Waals surface area contributed by atoms with Crippen molar-refractivity contribution < 1.29 is 24.5 Å². The molecule has 1 amide bonds. The number of hydrogen-bond acceptors (Lipinski definition) is 5. The quantitative estimate of drug-likeness (QED) is 0.492. The van der Waals surface area contributed by atoms with Crippen molar-refractivity contribution in [3.8, 4) is 0 Å². The van der Waals surface area contributed by atoms with Gasteiger partial charge in [-0.05, 0) is 12.8 Å². The van der Waals surface area contributed by atoms with Gasteiger partial charge in [0, 0.05) is 19.9 Å². The maximum absolute atomic E-state index is 10.6. The molecule has 0 spiro atoms. The van der Waals surface area contributed by atoms with E-state index in [2.05, 4.69) is 16.6 Å². The van der Waals surface area contributed by atoms with Gasteiger partial charge in [-0.3, -0.25) is 9.59 Å². The molecule has 0 unspecified atom stereocenters. The molecule has 1 fully saturated rings. The minimum Gasteiger partial charge on any atom is -0.435 e. The third-order valence-electron chi connectivity index (χ3n) is 1.75. The molecule has 0 aromatic rings. The van der Waals surface area contributed by atoms with Crippen LogP contribution in [0.2, 0.25) is 0 Å². The molecule has 1 rings (SSSR count). The Bertz CT molecular complexity index is 219. The van der Waals surface area contributed by atoms with Crippen LogP contribution in [0.5, 0.6) is 0 Å². The predicted octanol–water partition coefficient (Wildman–Crippen LogP) is 0.341. The molecule has 0 aromatic heterocycles. The Kier molecular flexibility index (Phi) is 16.4. The van der Waals surface area contributed by atoms with Crippen LogP contribution in [0.4, 0.5) is 0 Å². The summed E-state index contributed by atoms with van der Waals surface area (Å²) in [5, 5.41) is 18.1. The van der Waals surface area contributed by atoms with Crippen LogP contribution in [0.3, 0.4) is 0 Å². The second-order valence-electron chi connectivity index (χ2n) is 3.38. The summed E-state index contributed by atoms with van der Waals surface area (Å²) in [6.45, 7) is 5.12. The van der Waals surface area contributed by atoms with Gasteiger partial charge in [0.15, 0.2) is 0 Å². The molecule has 6 heteroatoms. The molecule has 0 atom stereocenters. The second-order valence-corrected chi connectivity index (χ2v) is 3.38. The third-order valence-corrected chi connectivity index (χ3v) is 1.75. The number of hydrogen-bond donors (Lipinski definition) is 3. The summed E-state index contributed by atoms with van der Waals surface area (Å²) in [5.41, 5.74) is 0. The number of amides is 1. The predicted molar refractivity (Wildman–Crippen MR) is 67.6 cm³/mol. The minimum atomic E-state index is -0.329. The number of aliphatic hydroxyl groups is 2. The Labute approximate surface area is 108 Å².